The lowest BCUT2D eigenvalue weighted by Crippen LogP contribution is -2.35. The molecule has 1 aliphatic heterocycles. The first-order chi connectivity index (χ1) is 14.6. The smallest absolute Gasteiger partial charge is 0.256 e. The van der Waals surface area contributed by atoms with Crippen LogP contribution in [0, 0.1) is 12.7 Å². The summed E-state index contributed by atoms with van der Waals surface area (Å²) in [4.78, 5) is 22.3. The molecule has 1 aliphatic rings. The molecule has 7 nitrogen and oxygen atoms in total. The van der Waals surface area contributed by atoms with Crippen molar-refractivity contribution in [2.24, 2.45) is 0 Å². The fraction of sp³-hybridized carbons (Fsp3) is 0.227. The Morgan fingerprint density at radius 3 is 2.83 bits per heavy atom. The Morgan fingerprint density at radius 2 is 2.07 bits per heavy atom. The number of aromatic amines is 1. The Hall–Kier alpha value is -3.52. The van der Waals surface area contributed by atoms with Crippen molar-refractivity contribution in [1.82, 2.24) is 24.6 Å². The average Bonchev–Trinajstić information content (AvgIpc) is 3.40. The fourth-order valence-corrected chi connectivity index (χ4v) is 3.83. The van der Waals surface area contributed by atoms with Crippen LogP contribution in [-0.2, 0) is 19.5 Å². The van der Waals surface area contributed by atoms with E-state index < -0.39 is 0 Å². The minimum atomic E-state index is -0.273. The van der Waals surface area contributed by atoms with Gasteiger partial charge in [0.05, 0.1) is 29.4 Å². The predicted molar refractivity (Wildman–Crippen MR) is 109 cm³/mol. The molecule has 0 saturated carbocycles. The predicted octanol–water partition coefficient (Wildman–Crippen LogP) is 3.22. The van der Waals surface area contributed by atoms with E-state index in [4.69, 9.17) is 4.42 Å². The molecule has 0 fully saturated rings. The van der Waals surface area contributed by atoms with E-state index in [2.05, 4.69) is 20.0 Å². The number of hydrogen-bond donors (Lipinski definition) is 1. The Kier molecular flexibility index (Phi) is 4.55. The first kappa shape index (κ1) is 18.5. The minimum Gasteiger partial charge on any atom is -0.461 e. The number of hydrogen-bond acceptors (Lipinski definition) is 5. The molecular formula is C22H20FN5O2. The van der Waals surface area contributed by atoms with Crippen LogP contribution >= 0.6 is 0 Å². The third kappa shape index (κ3) is 3.35. The van der Waals surface area contributed by atoms with E-state index in [0.29, 0.717) is 36.7 Å². The van der Waals surface area contributed by atoms with Gasteiger partial charge in [-0.1, -0.05) is 0 Å². The second kappa shape index (κ2) is 7.38. The summed E-state index contributed by atoms with van der Waals surface area (Å²) < 4.78 is 20.4. The summed E-state index contributed by atoms with van der Waals surface area (Å²) in [6.07, 6.45) is 4.08. The van der Waals surface area contributed by atoms with E-state index in [1.807, 2.05) is 13.1 Å². The number of furan rings is 1. The molecule has 0 unspecified atom stereocenters. The number of aromatic nitrogens is 4. The maximum Gasteiger partial charge on any atom is 0.256 e. The van der Waals surface area contributed by atoms with Gasteiger partial charge in [0, 0.05) is 37.3 Å². The van der Waals surface area contributed by atoms with Gasteiger partial charge in [0.1, 0.15) is 5.82 Å². The van der Waals surface area contributed by atoms with Gasteiger partial charge < -0.3 is 9.40 Å². The lowest BCUT2D eigenvalue weighted by molar-refractivity contribution is 0.241. The molecule has 0 atom stereocenters. The van der Waals surface area contributed by atoms with E-state index in [0.717, 1.165) is 29.2 Å². The molecule has 30 heavy (non-hydrogen) atoms. The molecule has 1 aromatic carbocycles. The van der Waals surface area contributed by atoms with Crippen molar-refractivity contribution in [2.75, 3.05) is 6.54 Å². The number of benzene rings is 1. The summed E-state index contributed by atoms with van der Waals surface area (Å²) in [5, 5.41) is 4.46. The molecule has 0 aliphatic carbocycles. The third-order valence-electron chi connectivity index (χ3n) is 5.48. The van der Waals surface area contributed by atoms with Gasteiger partial charge in [0.2, 0.25) is 0 Å². The van der Waals surface area contributed by atoms with Crippen molar-refractivity contribution >= 4 is 0 Å². The van der Waals surface area contributed by atoms with Gasteiger partial charge in [0.15, 0.2) is 11.6 Å². The standard InChI is InChI=1S/C22H20FN5O2/c1-14-15(11-24-28(14)17-6-4-16(23)5-7-17)12-27-9-8-19-18(13-27)22(29)26-21(25-19)20-3-2-10-30-20/h2-7,10-11H,8-9,12-13H2,1H3,(H,25,26,29). The van der Waals surface area contributed by atoms with Crippen LogP contribution in [0.2, 0.25) is 0 Å². The van der Waals surface area contributed by atoms with Gasteiger partial charge >= 0.3 is 0 Å². The maximum atomic E-state index is 13.2. The number of rotatable bonds is 4. The van der Waals surface area contributed by atoms with Crippen LogP contribution in [0.25, 0.3) is 17.3 Å². The van der Waals surface area contributed by atoms with Crippen molar-refractivity contribution in [3.8, 4) is 17.3 Å². The Bertz CT molecular complexity index is 1240. The van der Waals surface area contributed by atoms with Crippen LogP contribution in [-0.4, -0.2) is 31.2 Å². The van der Waals surface area contributed by atoms with Gasteiger partial charge in [-0.15, -0.1) is 0 Å². The van der Waals surface area contributed by atoms with Crippen molar-refractivity contribution in [1.29, 1.82) is 0 Å². The van der Waals surface area contributed by atoms with Gasteiger partial charge in [0.25, 0.3) is 5.56 Å². The number of H-pyrrole nitrogens is 1. The number of fused-ring (bicyclic) bond motifs is 1. The van der Waals surface area contributed by atoms with Crippen LogP contribution < -0.4 is 5.56 Å². The van der Waals surface area contributed by atoms with E-state index in [1.165, 1.54) is 12.1 Å². The highest BCUT2D eigenvalue weighted by molar-refractivity contribution is 5.47. The SMILES string of the molecule is Cc1c(CN2CCc3nc(-c4ccco4)[nH]c(=O)c3C2)cnn1-c1ccc(F)cc1. The van der Waals surface area contributed by atoms with Crippen molar-refractivity contribution in [3.63, 3.8) is 0 Å². The molecular weight excluding hydrogens is 385 g/mol. The molecule has 0 bridgehead atoms. The molecule has 8 heteroatoms. The quantitative estimate of drug-likeness (QED) is 0.564. The van der Waals surface area contributed by atoms with E-state index in [-0.39, 0.29) is 11.4 Å². The van der Waals surface area contributed by atoms with Crippen LogP contribution in [0.4, 0.5) is 4.39 Å². The molecule has 0 spiro atoms. The molecule has 1 N–H and O–H groups in total. The first-order valence-electron chi connectivity index (χ1n) is 9.76. The van der Waals surface area contributed by atoms with Crippen molar-refractivity contribution in [3.05, 3.63) is 87.5 Å². The monoisotopic (exact) mass is 405 g/mol. The van der Waals surface area contributed by atoms with Crippen LogP contribution in [0.1, 0.15) is 22.5 Å². The van der Waals surface area contributed by atoms with Crippen molar-refractivity contribution < 1.29 is 8.81 Å². The zero-order valence-corrected chi connectivity index (χ0v) is 16.4. The second-order valence-corrected chi connectivity index (χ2v) is 7.42. The normalized spacial score (nSPS) is 14.1. The summed E-state index contributed by atoms with van der Waals surface area (Å²) in [6.45, 7) is 3.99. The Morgan fingerprint density at radius 1 is 1.23 bits per heavy atom. The summed E-state index contributed by atoms with van der Waals surface area (Å²) in [6, 6.07) is 9.81. The van der Waals surface area contributed by atoms with E-state index >= 15 is 0 Å². The van der Waals surface area contributed by atoms with E-state index in [1.54, 1.807) is 35.2 Å². The number of nitrogens with zero attached hydrogens (tertiary/aromatic N) is 4. The summed E-state index contributed by atoms with van der Waals surface area (Å²) in [5.74, 6) is 0.750. The summed E-state index contributed by atoms with van der Waals surface area (Å²) >= 11 is 0. The fourth-order valence-electron chi connectivity index (χ4n) is 3.83. The van der Waals surface area contributed by atoms with Crippen LogP contribution in [0.3, 0.4) is 0 Å². The third-order valence-corrected chi connectivity index (χ3v) is 5.48. The maximum absolute atomic E-state index is 13.2. The molecule has 0 amide bonds. The highest BCUT2D eigenvalue weighted by Crippen LogP contribution is 2.22. The highest BCUT2D eigenvalue weighted by Gasteiger charge is 2.23. The largest absolute Gasteiger partial charge is 0.461 e. The summed E-state index contributed by atoms with van der Waals surface area (Å²) in [7, 11) is 0. The van der Waals surface area contributed by atoms with Gasteiger partial charge in [-0.05, 0) is 43.3 Å². The minimum absolute atomic E-state index is 0.130. The van der Waals surface area contributed by atoms with Gasteiger partial charge in [-0.25, -0.2) is 14.1 Å². The zero-order chi connectivity index (χ0) is 20.7. The van der Waals surface area contributed by atoms with Crippen LogP contribution in [0.5, 0.6) is 0 Å². The Labute approximate surface area is 171 Å². The molecule has 0 radical (unpaired) electrons. The van der Waals surface area contributed by atoms with Crippen LogP contribution in [0.15, 0.2) is 58.1 Å². The molecule has 4 heterocycles. The summed E-state index contributed by atoms with van der Waals surface area (Å²) in [5.41, 5.74) is 4.26. The topological polar surface area (TPSA) is 80.0 Å². The molecule has 5 rings (SSSR count). The highest BCUT2D eigenvalue weighted by atomic mass is 19.1. The average molecular weight is 405 g/mol. The van der Waals surface area contributed by atoms with Gasteiger partial charge in [-0.2, -0.15) is 5.10 Å². The Balaban J connectivity index is 1.36. The second-order valence-electron chi connectivity index (χ2n) is 7.42. The van der Waals surface area contributed by atoms with Gasteiger partial charge in [-0.3, -0.25) is 9.69 Å². The molecule has 3 aromatic heterocycles. The molecule has 4 aromatic rings. The molecule has 0 saturated heterocycles. The first-order valence-corrected chi connectivity index (χ1v) is 9.76. The van der Waals surface area contributed by atoms with E-state index in [9.17, 15) is 9.18 Å². The molecule has 152 valence electrons. The number of halogens is 1. The lowest BCUT2D eigenvalue weighted by Gasteiger charge is -2.27. The lowest BCUT2D eigenvalue weighted by atomic mass is 10.1. The van der Waals surface area contributed by atoms with Crippen molar-refractivity contribution in [2.45, 2.75) is 26.4 Å². The zero-order valence-electron chi connectivity index (χ0n) is 16.4. The number of nitrogens with one attached hydrogen (secondary N) is 1.